The number of amides is 3. The SMILES string of the molecule is CC#CC#CC#CC#CC#CC#CC#CC#CC(=O)NC(CNC(C)=O)C(=O)CCCOC(C)(C)OCCCC(=O)CCCCNC(=O)c1ccc(CO)cc1. The number of Topliss-reactive ketones (excluding diaryl/α,β-unsaturated/α-hetero) is 2. The minimum Gasteiger partial charge on any atom is -0.392 e. The molecule has 1 aromatic rings. The Bertz CT molecular complexity index is 2040. The zero-order valence-corrected chi connectivity index (χ0v) is 32.2. The zero-order valence-electron chi connectivity index (χ0n) is 32.2. The highest BCUT2D eigenvalue weighted by molar-refractivity contribution is 5.98. The lowest BCUT2D eigenvalue weighted by molar-refractivity contribution is -0.214. The van der Waals surface area contributed by atoms with Crippen molar-refractivity contribution in [2.24, 2.45) is 0 Å². The fraction of sp³-hybridized carbons (Fsp3) is 0.400. The van der Waals surface area contributed by atoms with Crippen molar-refractivity contribution in [2.45, 2.75) is 91.1 Å². The van der Waals surface area contributed by atoms with Crippen LogP contribution in [-0.2, 0) is 35.3 Å². The predicted molar refractivity (Wildman–Crippen MR) is 212 cm³/mol. The molecule has 1 unspecified atom stereocenters. The van der Waals surface area contributed by atoms with E-state index in [2.05, 4.69) is 111 Å². The highest BCUT2D eigenvalue weighted by atomic mass is 16.7. The molecule has 1 rings (SSSR count). The normalized spacial score (nSPS) is 9.66. The third kappa shape index (κ3) is 25.3. The highest BCUT2D eigenvalue weighted by Gasteiger charge is 2.22. The molecular weight excluding hydrogens is 711 g/mol. The molecule has 0 saturated heterocycles. The standard InChI is InChI=1S/C45H45N3O8/c1-5-6-7-8-9-10-11-12-13-14-15-16-17-18-19-27-43(53)48-41(35-47-37(2)50)42(52)26-23-34-56-45(3,4)55-33-22-25-40(51)24-20-21-32-46-44(54)39-30-28-38(36-49)29-31-39/h28-31,41,49H,20-26,32-36H2,1-4H3,(H,46,54)(H,47,50)(H,48,53). The summed E-state index contributed by atoms with van der Waals surface area (Å²) < 4.78 is 11.6. The Morgan fingerprint density at radius 2 is 1.21 bits per heavy atom. The van der Waals surface area contributed by atoms with Crippen molar-refractivity contribution < 1.29 is 38.6 Å². The minimum atomic E-state index is -1.01. The van der Waals surface area contributed by atoms with Gasteiger partial charge in [0.25, 0.3) is 11.8 Å². The number of ether oxygens (including phenoxy) is 2. The van der Waals surface area contributed by atoms with E-state index in [1.807, 2.05) is 0 Å². The van der Waals surface area contributed by atoms with Crippen LogP contribution in [0.5, 0.6) is 0 Å². The molecule has 0 fully saturated rings. The predicted octanol–water partition coefficient (Wildman–Crippen LogP) is 2.21. The summed E-state index contributed by atoms with van der Waals surface area (Å²) in [6, 6.07) is 5.70. The van der Waals surface area contributed by atoms with E-state index in [0.717, 1.165) is 5.56 Å². The van der Waals surface area contributed by atoms with Crippen LogP contribution in [0.15, 0.2) is 24.3 Å². The molecule has 0 aromatic heterocycles. The van der Waals surface area contributed by atoms with Crippen LogP contribution >= 0.6 is 0 Å². The van der Waals surface area contributed by atoms with Crippen LogP contribution in [0.2, 0.25) is 0 Å². The lowest BCUT2D eigenvalue weighted by atomic mass is 10.1. The van der Waals surface area contributed by atoms with Gasteiger partial charge in [-0.25, -0.2) is 0 Å². The number of carbonyl (C=O) groups excluding carboxylic acids is 5. The zero-order chi connectivity index (χ0) is 41.3. The van der Waals surface area contributed by atoms with E-state index < -0.39 is 17.7 Å². The van der Waals surface area contributed by atoms with Crippen LogP contribution in [0, 0.1) is 94.7 Å². The molecular formula is C45H45N3O8. The third-order valence-electron chi connectivity index (χ3n) is 7.00. The van der Waals surface area contributed by atoms with Gasteiger partial charge in [0.05, 0.1) is 19.8 Å². The number of ketones is 2. The van der Waals surface area contributed by atoms with Gasteiger partial charge >= 0.3 is 0 Å². The van der Waals surface area contributed by atoms with Crippen molar-refractivity contribution in [1.82, 2.24) is 16.0 Å². The topological polar surface area (TPSA) is 160 Å². The number of unbranched alkanes of at least 4 members (excludes halogenated alkanes) is 1. The first-order valence-corrected chi connectivity index (χ1v) is 17.8. The van der Waals surface area contributed by atoms with Gasteiger partial charge in [0, 0.05) is 50.8 Å². The van der Waals surface area contributed by atoms with Crippen LogP contribution in [0.1, 0.15) is 88.6 Å². The van der Waals surface area contributed by atoms with Gasteiger partial charge in [-0.15, -0.1) is 0 Å². The summed E-state index contributed by atoms with van der Waals surface area (Å²) in [5.74, 6) is 36.9. The summed E-state index contributed by atoms with van der Waals surface area (Å²) in [6.07, 6.45) is 3.00. The molecule has 0 saturated carbocycles. The summed E-state index contributed by atoms with van der Waals surface area (Å²) in [5, 5.41) is 17.0. The van der Waals surface area contributed by atoms with Crippen LogP contribution in [0.3, 0.4) is 0 Å². The van der Waals surface area contributed by atoms with Gasteiger partial charge in [0.15, 0.2) is 11.6 Å². The fourth-order valence-electron chi connectivity index (χ4n) is 4.22. The number of hydrogen-bond acceptors (Lipinski definition) is 8. The van der Waals surface area contributed by atoms with Crippen molar-refractivity contribution in [3.8, 4) is 94.7 Å². The van der Waals surface area contributed by atoms with Crippen LogP contribution in [0.25, 0.3) is 0 Å². The molecule has 0 spiro atoms. The molecule has 4 N–H and O–H groups in total. The number of aliphatic hydroxyl groups is 1. The molecule has 0 aliphatic heterocycles. The molecule has 11 nitrogen and oxygen atoms in total. The number of benzene rings is 1. The Labute approximate surface area is 330 Å². The van der Waals surface area contributed by atoms with E-state index in [9.17, 15) is 24.0 Å². The van der Waals surface area contributed by atoms with E-state index in [4.69, 9.17) is 14.6 Å². The van der Waals surface area contributed by atoms with Crippen molar-refractivity contribution in [3.63, 3.8) is 0 Å². The lowest BCUT2D eigenvalue weighted by Crippen LogP contribution is -2.47. The lowest BCUT2D eigenvalue weighted by Gasteiger charge is -2.26. The fourth-order valence-corrected chi connectivity index (χ4v) is 4.22. The van der Waals surface area contributed by atoms with Crippen LogP contribution in [-0.4, -0.2) is 72.5 Å². The average molecular weight is 756 g/mol. The largest absolute Gasteiger partial charge is 0.392 e. The monoisotopic (exact) mass is 755 g/mol. The van der Waals surface area contributed by atoms with E-state index in [1.165, 1.54) is 6.92 Å². The Balaban J connectivity index is 2.38. The molecule has 0 heterocycles. The van der Waals surface area contributed by atoms with Crippen LogP contribution < -0.4 is 16.0 Å². The van der Waals surface area contributed by atoms with Crippen molar-refractivity contribution in [3.05, 3.63) is 35.4 Å². The summed E-state index contributed by atoms with van der Waals surface area (Å²) in [5.41, 5.74) is 1.25. The first kappa shape index (κ1) is 47.4. The van der Waals surface area contributed by atoms with Gasteiger partial charge in [-0.3, -0.25) is 24.0 Å². The highest BCUT2D eigenvalue weighted by Crippen LogP contribution is 2.14. The Morgan fingerprint density at radius 3 is 1.75 bits per heavy atom. The van der Waals surface area contributed by atoms with Gasteiger partial charge in [-0.05, 0) is 147 Å². The second-order valence-electron chi connectivity index (χ2n) is 12.0. The number of rotatable bonds is 21. The maximum Gasteiger partial charge on any atom is 0.297 e. The van der Waals surface area contributed by atoms with Gasteiger partial charge in [0.2, 0.25) is 5.91 Å². The molecule has 0 aliphatic carbocycles. The second-order valence-corrected chi connectivity index (χ2v) is 12.0. The molecule has 0 bridgehead atoms. The quantitative estimate of drug-likeness (QED) is 0.0845. The van der Waals surface area contributed by atoms with E-state index in [-0.39, 0.29) is 49.6 Å². The summed E-state index contributed by atoms with van der Waals surface area (Å²) in [6.45, 7) is 7.20. The molecule has 0 radical (unpaired) electrons. The molecule has 1 atom stereocenters. The molecule has 0 aliphatic rings. The Kier molecular flexibility index (Phi) is 25.2. The van der Waals surface area contributed by atoms with E-state index >= 15 is 0 Å². The Hall–Kier alpha value is -6.67. The summed E-state index contributed by atoms with van der Waals surface area (Å²) >= 11 is 0. The number of nitrogens with one attached hydrogen (secondary N) is 3. The maximum absolute atomic E-state index is 12.9. The Morgan fingerprint density at radius 1 is 0.696 bits per heavy atom. The average Bonchev–Trinajstić information content (AvgIpc) is 3.17. The van der Waals surface area contributed by atoms with Gasteiger partial charge < -0.3 is 30.5 Å². The number of hydrogen-bond donors (Lipinski definition) is 4. The van der Waals surface area contributed by atoms with Gasteiger partial charge in [-0.1, -0.05) is 18.1 Å². The van der Waals surface area contributed by atoms with Gasteiger partial charge in [-0.2, -0.15) is 0 Å². The molecule has 11 heteroatoms. The molecule has 3 amide bonds. The van der Waals surface area contributed by atoms with Crippen LogP contribution in [0.4, 0.5) is 0 Å². The molecule has 56 heavy (non-hydrogen) atoms. The second kappa shape index (κ2) is 29.7. The smallest absolute Gasteiger partial charge is 0.297 e. The van der Waals surface area contributed by atoms with Crippen molar-refractivity contribution >= 4 is 29.3 Å². The van der Waals surface area contributed by atoms with Crippen molar-refractivity contribution in [1.29, 1.82) is 0 Å². The number of carbonyl (C=O) groups is 5. The maximum atomic E-state index is 12.9. The first-order valence-electron chi connectivity index (χ1n) is 17.8. The molecule has 1 aromatic carbocycles. The van der Waals surface area contributed by atoms with E-state index in [0.29, 0.717) is 57.2 Å². The minimum absolute atomic E-state index is 0.0551. The van der Waals surface area contributed by atoms with Crippen molar-refractivity contribution in [2.75, 3.05) is 26.3 Å². The summed E-state index contributed by atoms with van der Waals surface area (Å²) in [7, 11) is 0. The third-order valence-corrected chi connectivity index (χ3v) is 7.00. The first-order chi connectivity index (χ1) is 27.0. The van der Waals surface area contributed by atoms with E-state index in [1.54, 1.807) is 45.0 Å². The van der Waals surface area contributed by atoms with Gasteiger partial charge in [0.1, 0.15) is 11.8 Å². The summed E-state index contributed by atoms with van der Waals surface area (Å²) in [4.78, 5) is 61.1. The number of aliphatic hydroxyl groups excluding tert-OH is 1. The molecule has 288 valence electrons.